The maximum atomic E-state index is 12.0. The first-order valence-electron chi connectivity index (χ1n) is 7.30. The zero-order valence-electron chi connectivity index (χ0n) is 12.6. The summed E-state index contributed by atoms with van der Waals surface area (Å²) in [6.07, 6.45) is 1.52. The van der Waals surface area contributed by atoms with Crippen molar-refractivity contribution < 1.29 is 9.59 Å². The van der Waals surface area contributed by atoms with Crippen LogP contribution in [0.4, 0.5) is 5.69 Å². The largest absolute Gasteiger partial charge is 0.359 e. The predicted molar refractivity (Wildman–Crippen MR) is 87.6 cm³/mol. The van der Waals surface area contributed by atoms with E-state index in [4.69, 9.17) is 0 Å². The number of benzene rings is 2. The van der Waals surface area contributed by atoms with Crippen molar-refractivity contribution in [2.24, 2.45) is 0 Å². The third kappa shape index (κ3) is 5.05. The highest BCUT2D eigenvalue weighted by molar-refractivity contribution is 5.92. The monoisotopic (exact) mass is 296 g/mol. The third-order valence-electron chi connectivity index (χ3n) is 3.36. The zero-order chi connectivity index (χ0) is 15.8. The highest BCUT2D eigenvalue weighted by Gasteiger charge is 2.04. The molecule has 0 saturated heterocycles. The van der Waals surface area contributed by atoms with Crippen molar-refractivity contribution >= 4 is 17.5 Å². The molecule has 0 saturated carbocycles. The predicted octanol–water partition coefficient (Wildman–Crippen LogP) is 2.55. The summed E-state index contributed by atoms with van der Waals surface area (Å²) < 4.78 is 0. The van der Waals surface area contributed by atoms with Crippen LogP contribution >= 0.6 is 0 Å². The van der Waals surface area contributed by atoms with Gasteiger partial charge in [0, 0.05) is 19.2 Å². The Labute approximate surface area is 130 Å². The lowest BCUT2D eigenvalue weighted by Crippen LogP contribution is -2.18. The Morgan fingerprint density at radius 3 is 2.18 bits per heavy atom. The quantitative estimate of drug-likeness (QED) is 0.860. The van der Waals surface area contributed by atoms with E-state index in [2.05, 4.69) is 10.6 Å². The Balaban J connectivity index is 1.85. The molecule has 0 fully saturated rings. The van der Waals surface area contributed by atoms with Gasteiger partial charge in [-0.1, -0.05) is 42.5 Å². The standard InChI is InChI=1S/C18H20N2O2/c1-19-17(21)12-9-14-7-10-16(11-8-14)20-18(22)13-15-5-3-2-4-6-15/h2-8,10-11H,9,12-13H2,1H3,(H,19,21)(H,20,22). The molecule has 22 heavy (non-hydrogen) atoms. The molecule has 0 aliphatic heterocycles. The molecule has 0 bridgehead atoms. The van der Waals surface area contributed by atoms with E-state index in [9.17, 15) is 9.59 Å². The molecule has 114 valence electrons. The van der Waals surface area contributed by atoms with E-state index in [1.807, 2.05) is 54.6 Å². The zero-order valence-corrected chi connectivity index (χ0v) is 12.6. The van der Waals surface area contributed by atoms with Gasteiger partial charge in [-0.25, -0.2) is 0 Å². The molecular weight excluding hydrogens is 276 g/mol. The lowest BCUT2D eigenvalue weighted by Gasteiger charge is -2.07. The van der Waals surface area contributed by atoms with Crippen LogP contribution in [0.25, 0.3) is 0 Å². The fourth-order valence-corrected chi connectivity index (χ4v) is 2.12. The Morgan fingerprint density at radius 1 is 0.864 bits per heavy atom. The number of aryl methyl sites for hydroxylation is 1. The summed E-state index contributed by atoms with van der Waals surface area (Å²) in [5, 5.41) is 5.48. The summed E-state index contributed by atoms with van der Waals surface area (Å²) in [4.78, 5) is 23.2. The van der Waals surface area contributed by atoms with Gasteiger partial charge in [-0.3, -0.25) is 9.59 Å². The third-order valence-corrected chi connectivity index (χ3v) is 3.36. The molecular formula is C18H20N2O2. The molecule has 0 aliphatic carbocycles. The normalized spacial score (nSPS) is 10.0. The number of hydrogen-bond donors (Lipinski definition) is 2. The number of hydrogen-bond acceptors (Lipinski definition) is 2. The number of rotatable bonds is 6. The molecule has 4 heteroatoms. The van der Waals surface area contributed by atoms with Gasteiger partial charge in [-0.05, 0) is 29.7 Å². The van der Waals surface area contributed by atoms with Crippen LogP contribution in [-0.4, -0.2) is 18.9 Å². The molecule has 0 spiro atoms. The molecule has 0 atom stereocenters. The molecule has 2 aromatic rings. The van der Waals surface area contributed by atoms with E-state index in [1.165, 1.54) is 0 Å². The molecule has 2 rings (SSSR count). The van der Waals surface area contributed by atoms with Gasteiger partial charge in [0.25, 0.3) is 0 Å². The van der Waals surface area contributed by atoms with Gasteiger partial charge in [-0.2, -0.15) is 0 Å². The number of anilines is 1. The molecule has 0 radical (unpaired) electrons. The minimum Gasteiger partial charge on any atom is -0.359 e. The van der Waals surface area contributed by atoms with Crippen molar-refractivity contribution in [2.45, 2.75) is 19.3 Å². The molecule has 0 aliphatic rings. The summed E-state index contributed by atoms with van der Waals surface area (Å²) in [5.74, 6) is -0.00967. The Bertz CT molecular complexity index is 621. The molecule has 2 amide bonds. The van der Waals surface area contributed by atoms with Crippen LogP contribution in [0.1, 0.15) is 17.5 Å². The first-order valence-corrected chi connectivity index (χ1v) is 7.30. The minimum absolute atomic E-state index is 0.0280. The Hall–Kier alpha value is -2.62. The second-order valence-electron chi connectivity index (χ2n) is 5.08. The Kier molecular flexibility index (Phi) is 5.72. The maximum Gasteiger partial charge on any atom is 0.228 e. The van der Waals surface area contributed by atoms with Crippen LogP contribution < -0.4 is 10.6 Å². The van der Waals surface area contributed by atoms with E-state index in [-0.39, 0.29) is 11.8 Å². The van der Waals surface area contributed by atoms with E-state index < -0.39 is 0 Å². The van der Waals surface area contributed by atoms with E-state index in [0.717, 1.165) is 16.8 Å². The molecule has 0 aromatic heterocycles. The minimum atomic E-state index is -0.0377. The van der Waals surface area contributed by atoms with Gasteiger partial charge in [-0.15, -0.1) is 0 Å². The fraction of sp³-hybridized carbons (Fsp3) is 0.222. The van der Waals surface area contributed by atoms with Crippen molar-refractivity contribution in [1.82, 2.24) is 5.32 Å². The van der Waals surface area contributed by atoms with Gasteiger partial charge < -0.3 is 10.6 Å². The average Bonchev–Trinajstić information content (AvgIpc) is 2.54. The summed E-state index contributed by atoms with van der Waals surface area (Å²) in [5.41, 5.74) is 2.83. The van der Waals surface area contributed by atoms with Crippen molar-refractivity contribution in [3.63, 3.8) is 0 Å². The Morgan fingerprint density at radius 2 is 1.55 bits per heavy atom. The lowest BCUT2D eigenvalue weighted by molar-refractivity contribution is -0.120. The number of amides is 2. The van der Waals surface area contributed by atoms with Gasteiger partial charge in [0.1, 0.15) is 0 Å². The summed E-state index contributed by atoms with van der Waals surface area (Å²) in [7, 11) is 1.63. The van der Waals surface area contributed by atoms with Gasteiger partial charge in [0.15, 0.2) is 0 Å². The molecule has 2 N–H and O–H groups in total. The summed E-state index contributed by atoms with van der Waals surface area (Å²) >= 11 is 0. The van der Waals surface area contributed by atoms with Crippen molar-refractivity contribution in [3.8, 4) is 0 Å². The van der Waals surface area contributed by atoms with Crippen LogP contribution in [0, 0.1) is 0 Å². The summed E-state index contributed by atoms with van der Waals surface area (Å²) in [6, 6.07) is 17.2. The van der Waals surface area contributed by atoms with Crippen molar-refractivity contribution in [3.05, 3.63) is 65.7 Å². The van der Waals surface area contributed by atoms with Crippen LogP contribution in [0.2, 0.25) is 0 Å². The number of carbonyl (C=O) groups excluding carboxylic acids is 2. The van der Waals surface area contributed by atoms with Crippen LogP contribution in [0.5, 0.6) is 0 Å². The van der Waals surface area contributed by atoms with E-state index in [0.29, 0.717) is 19.3 Å². The van der Waals surface area contributed by atoms with Crippen LogP contribution in [0.3, 0.4) is 0 Å². The second kappa shape index (κ2) is 7.98. The topological polar surface area (TPSA) is 58.2 Å². The maximum absolute atomic E-state index is 12.0. The highest BCUT2D eigenvalue weighted by atomic mass is 16.2. The fourth-order valence-electron chi connectivity index (χ4n) is 2.12. The highest BCUT2D eigenvalue weighted by Crippen LogP contribution is 2.12. The van der Waals surface area contributed by atoms with Gasteiger partial charge in [0.2, 0.25) is 11.8 Å². The smallest absolute Gasteiger partial charge is 0.228 e. The van der Waals surface area contributed by atoms with Gasteiger partial charge >= 0.3 is 0 Å². The van der Waals surface area contributed by atoms with Gasteiger partial charge in [0.05, 0.1) is 6.42 Å². The van der Waals surface area contributed by atoms with E-state index >= 15 is 0 Å². The number of carbonyl (C=O) groups is 2. The summed E-state index contributed by atoms with van der Waals surface area (Å²) in [6.45, 7) is 0. The number of nitrogens with one attached hydrogen (secondary N) is 2. The lowest BCUT2D eigenvalue weighted by atomic mass is 10.1. The van der Waals surface area contributed by atoms with Crippen molar-refractivity contribution in [2.75, 3.05) is 12.4 Å². The molecule has 2 aromatic carbocycles. The van der Waals surface area contributed by atoms with Crippen LogP contribution in [0.15, 0.2) is 54.6 Å². The molecule has 4 nitrogen and oxygen atoms in total. The molecule has 0 unspecified atom stereocenters. The average molecular weight is 296 g/mol. The molecule has 0 heterocycles. The SMILES string of the molecule is CNC(=O)CCc1ccc(NC(=O)Cc2ccccc2)cc1. The first kappa shape index (κ1) is 15.8. The van der Waals surface area contributed by atoms with Crippen molar-refractivity contribution in [1.29, 1.82) is 0 Å². The first-order chi connectivity index (χ1) is 10.7. The second-order valence-corrected chi connectivity index (χ2v) is 5.08. The van der Waals surface area contributed by atoms with Crippen LogP contribution in [-0.2, 0) is 22.4 Å². The van der Waals surface area contributed by atoms with E-state index in [1.54, 1.807) is 7.05 Å².